The highest BCUT2D eigenvalue weighted by molar-refractivity contribution is 5.85. The Morgan fingerprint density at radius 1 is 1.04 bits per heavy atom. The average molecular weight is 637 g/mol. The molecular weight excluding hydrogens is 600 g/mol. The topological polar surface area (TPSA) is 197 Å². The molecule has 0 saturated carbocycles. The minimum absolute atomic E-state index is 0.0369. The van der Waals surface area contributed by atoms with Crippen molar-refractivity contribution in [2.24, 2.45) is 5.92 Å². The lowest BCUT2D eigenvalue weighted by Crippen LogP contribution is -2.48. The summed E-state index contributed by atoms with van der Waals surface area (Å²) >= 11 is 0. The molecule has 2 aromatic heterocycles. The van der Waals surface area contributed by atoms with Gasteiger partial charge in [0.05, 0.1) is 0 Å². The molecule has 2 aromatic carbocycles. The molecule has 0 aliphatic carbocycles. The van der Waals surface area contributed by atoms with Crippen LogP contribution in [0, 0.1) is 16.0 Å². The van der Waals surface area contributed by atoms with Crippen LogP contribution in [-0.2, 0) is 38.7 Å². The van der Waals surface area contributed by atoms with Gasteiger partial charge in [-0.25, -0.2) is 9.59 Å². The van der Waals surface area contributed by atoms with Crippen LogP contribution in [0.4, 0.5) is 0 Å². The summed E-state index contributed by atoms with van der Waals surface area (Å²) < 4.78 is 15.6. The summed E-state index contributed by atoms with van der Waals surface area (Å²) in [6.07, 6.45) is 0.586. The van der Waals surface area contributed by atoms with Crippen LogP contribution in [-0.4, -0.2) is 54.6 Å². The van der Waals surface area contributed by atoms with Crippen LogP contribution in [0.1, 0.15) is 64.0 Å². The first-order valence-electron chi connectivity index (χ1n) is 14.9. The Labute approximate surface area is 264 Å². The second-order valence-electron chi connectivity index (χ2n) is 11.0. The van der Waals surface area contributed by atoms with Gasteiger partial charge in [-0.05, 0) is 41.2 Å². The van der Waals surface area contributed by atoms with E-state index in [9.17, 15) is 24.5 Å². The summed E-state index contributed by atoms with van der Waals surface area (Å²) in [7, 11) is 0. The Kier molecular flexibility index (Phi) is 11.4. The number of hydrogen-bond donors (Lipinski definition) is 1. The van der Waals surface area contributed by atoms with Gasteiger partial charge in [-0.1, -0.05) is 75.7 Å². The summed E-state index contributed by atoms with van der Waals surface area (Å²) in [4.78, 5) is 55.5. The van der Waals surface area contributed by atoms with E-state index in [-0.39, 0.29) is 42.7 Å². The number of aromatic amines is 1. The van der Waals surface area contributed by atoms with Crippen LogP contribution in [0.15, 0.2) is 62.2 Å². The zero-order valence-electron chi connectivity index (χ0n) is 26.0. The highest BCUT2D eigenvalue weighted by Gasteiger charge is 2.34. The Bertz CT molecular complexity index is 1660. The minimum atomic E-state index is -1.05. The Morgan fingerprint density at radius 2 is 1.74 bits per heavy atom. The van der Waals surface area contributed by atoms with Gasteiger partial charge in [-0.15, -0.1) is 20.3 Å². The van der Waals surface area contributed by atoms with Crippen molar-refractivity contribution in [3.63, 3.8) is 0 Å². The number of benzene rings is 2. The second-order valence-corrected chi connectivity index (χ2v) is 11.0. The molecule has 4 aromatic rings. The maximum atomic E-state index is 13.5. The summed E-state index contributed by atoms with van der Waals surface area (Å²) in [6.45, 7) is 6.69. The van der Waals surface area contributed by atoms with Crippen LogP contribution >= 0.6 is 0 Å². The number of nitrogens with one attached hydrogen (secondary N) is 1. The van der Waals surface area contributed by atoms with Crippen molar-refractivity contribution in [1.82, 2.24) is 25.5 Å². The van der Waals surface area contributed by atoms with E-state index in [1.54, 1.807) is 0 Å². The summed E-state index contributed by atoms with van der Waals surface area (Å²) in [5.41, 5.74) is 3.41. The van der Waals surface area contributed by atoms with E-state index in [0.29, 0.717) is 12.2 Å². The molecule has 2 atom stereocenters. The predicted molar refractivity (Wildman–Crippen MR) is 162 cm³/mol. The van der Waals surface area contributed by atoms with Crippen LogP contribution in [0.5, 0.6) is 0 Å². The molecule has 0 aliphatic rings. The normalized spacial score (nSPS) is 12.5. The minimum Gasteiger partial charge on any atom is -0.456 e. The van der Waals surface area contributed by atoms with E-state index in [4.69, 9.17) is 13.6 Å². The third-order valence-corrected chi connectivity index (χ3v) is 7.21. The number of amides is 1. The first kappa shape index (κ1) is 33.6. The first-order chi connectivity index (χ1) is 22.1. The fourth-order valence-corrected chi connectivity index (χ4v) is 5.03. The zero-order valence-corrected chi connectivity index (χ0v) is 26.0. The molecule has 0 aliphatic heterocycles. The molecule has 244 valence electrons. The van der Waals surface area contributed by atoms with Gasteiger partial charge >= 0.3 is 11.8 Å². The van der Waals surface area contributed by atoms with Gasteiger partial charge < -0.3 is 23.3 Å². The van der Waals surface area contributed by atoms with Gasteiger partial charge in [0.2, 0.25) is 11.7 Å². The molecule has 15 heteroatoms. The molecule has 0 fully saturated rings. The van der Waals surface area contributed by atoms with Crippen molar-refractivity contribution in [2.45, 2.75) is 78.7 Å². The molecule has 0 radical (unpaired) electrons. The van der Waals surface area contributed by atoms with Crippen LogP contribution in [0.2, 0.25) is 0 Å². The fourth-order valence-electron chi connectivity index (χ4n) is 5.03. The largest absolute Gasteiger partial charge is 0.519 e. The van der Waals surface area contributed by atoms with Gasteiger partial charge in [0.25, 0.3) is 5.09 Å². The van der Waals surface area contributed by atoms with E-state index < -0.39 is 35.6 Å². The van der Waals surface area contributed by atoms with Crippen LogP contribution in [0.3, 0.4) is 0 Å². The quantitative estimate of drug-likeness (QED) is 0.103. The monoisotopic (exact) mass is 636 g/mol. The molecular formula is C31H36N6O9. The summed E-state index contributed by atoms with van der Waals surface area (Å²) in [6, 6.07) is 14.4. The maximum Gasteiger partial charge on any atom is 0.519 e. The van der Waals surface area contributed by atoms with E-state index in [1.165, 1.54) is 11.8 Å². The zero-order chi connectivity index (χ0) is 33.2. The third kappa shape index (κ3) is 8.64. The van der Waals surface area contributed by atoms with Gasteiger partial charge in [-0.2, -0.15) is 5.21 Å². The van der Waals surface area contributed by atoms with E-state index in [1.807, 2.05) is 69.3 Å². The number of ether oxygens (including phenoxy) is 1. The Hall–Kier alpha value is -5.34. The summed E-state index contributed by atoms with van der Waals surface area (Å²) in [5, 5.41) is 24.0. The van der Waals surface area contributed by atoms with Crippen LogP contribution in [0.25, 0.3) is 22.5 Å². The molecule has 0 saturated heterocycles. The molecule has 1 amide bonds. The molecule has 1 unspecified atom stereocenters. The van der Waals surface area contributed by atoms with Gasteiger partial charge in [0.1, 0.15) is 12.1 Å². The van der Waals surface area contributed by atoms with Crippen LogP contribution < -0.4 is 5.82 Å². The van der Waals surface area contributed by atoms with Gasteiger partial charge in [0, 0.05) is 24.9 Å². The molecule has 4 rings (SSSR count). The Morgan fingerprint density at radius 3 is 2.37 bits per heavy atom. The molecule has 46 heavy (non-hydrogen) atoms. The lowest BCUT2D eigenvalue weighted by atomic mass is 9.97. The highest BCUT2D eigenvalue weighted by Crippen LogP contribution is 2.30. The number of tetrazole rings is 1. The smallest absolute Gasteiger partial charge is 0.456 e. The van der Waals surface area contributed by atoms with Gasteiger partial charge in [-0.3, -0.25) is 4.79 Å². The second kappa shape index (κ2) is 15.6. The number of hydrogen-bond acceptors (Lipinski definition) is 12. The first-order valence-corrected chi connectivity index (χ1v) is 14.9. The summed E-state index contributed by atoms with van der Waals surface area (Å²) in [5.74, 6) is -1.95. The number of esters is 1. The molecule has 1 N–H and O–H groups in total. The number of rotatable bonds is 16. The highest BCUT2D eigenvalue weighted by atomic mass is 17.0. The number of carbonyl (C=O) groups is 2. The number of unbranched alkanes of at least 4 members (excludes halogenated alkanes) is 1. The lowest BCUT2D eigenvalue weighted by Gasteiger charge is -2.33. The average Bonchev–Trinajstić information content (AvgIpc) is 3.68. The lowest BCUT2D eigenvalue weighted by molar-refractivity contribution is -0.767. The standard InChI is InChI=1S/C31H36N6O9/c1-5-6-11-27(38)36(17-21-12-14-22(15-13-21)23-9-7-8-10-24(23)29-32-34-35-33-29)28(19(2)3)30(39)43-18-26-25(44-31(40)45-26)16-20(4)46-37(41)42/h7-10,12-15,19-20,28H,5-6,11,16-18H2,1-4H3,(H,32,33,34,35)/t20?,28-/m0/s1. The van der Waals surface area contributed by atoms with Crippen molar-refractivity contribution >= 4 is 11.9 Å². The SMILES string of the molecule is CCCCC(=O)N(Cc1ccc(-c2ccccc2-c2nn[nH]n2)cc1)[C@H](C(=O)OCc1oc(=O)oc1CC(C)O[N+](=O)[O-])C(C)C. The molecule has 0 bridgehead atoms. The van der Waals surface area contributed by atoms with Crippen molar-refractivity contribution in [3.8, 4) is 22.5 Å². The third-order valence-electron chi connectivity index (χ3n) is 7.21. The number of aromatic nitrogens is 4. The number of nitrogens with zero attached hydrogens (tertiary/aromatic N) is 5. The van der Waals surface area contributed by atoms with E-state index >= 15 is 0 Å². The molecule has 0 spiro atoms. The fraction of sp³-hybridized carbons (Fsp3) is 0.419. The predicted octanol–water partition coefficient (Wildman–Crippen LogP) is 4.51. The van der Waals surface area contributed by atoms with Crippen molar-refractivity contribution in [3.05, 3.63) is 86.3 Å². The number of H-pyrrole nitrogens is 1. The maximum absolute atomic E-state index is 13.5. The molecule has 15 nitrogen and oxygen atoms in total. The van der Waals surface area contributed by atoms with Crippen molar-refractivity contribution in [1.29, 1.82) is 0 Å². The van der Waals surface area contributed by atoms with E-state index in [2.05, 4.69) is 25.5 Å². The Balaban J connectivity index is 1.54. The van der Waals surface area contributed by atoms with E-state index in [0.717, 1.165) is 28.7 Å². The van der Waals surface area contributed by atoms with Crippen molar-refractivity contribution in [2.75, 3.05) is 0 Å². The number of carbonyl (C=O) groups excluding carboxylic acids is 2. The van der Waals surface area contributed by atoms with Gasteiger partial charge in [0.15, 0.2) is 18.1 Å². The van der Waals surface area contributed by atoms with Crippen molar-refractivity contribution < 1.29 is 33.1 Å². The molecule has 2 heterocycles.